The molecular formula is C21H20BrO2P. The van der Waals surface area contributed by atoms with Crippen LogP contribution in [0.4, 0.5) is 0 Å². The molecule has 0 saturated heterocycles. The highest BCUT2D eigenvalue weighted by Crippen LogP contribution is 2.55. The lowest BCUT2D eigenvalue weighted by Crippen LogP contribution is -3.00. The van der Waals surface area contributed by atoms with Crippen LogP contribution in [0.3, 0.4) is 0 Å². The van der Waals surface area contributed by atoms with Gasteiger partial charge < -0.3 is 21.7 Å². The lowest BCUT2D eigenvalue weighted by molar-refractivity contribution is -0.138. The quantitative estimate of drug-likeness (QED) is 0.449. The van der Waals surface area contributed by atoms with Crippen molar-refractivity contribution in [3.63, 3.8) is 0 Å². The van der Waals surface area contributed by atoms with E-state index in [1.165, 1.54) is 22.8 Å². The molecule has 0 N–H and O–H groups in total. The average molecular weight is 415 g/mol. The summed E-state index contributed by atoms with van der Waals surface area (Å²) in [6.45, 7) is 1.47. The molecule has 3 aromatic carbocycles. The number of rotatable bonds is 5. The van der Waals surface area contributed by atoms with E-state index in [1.807, 2.05) is 54.6 Å². The lowest BCUT2D eigenvalue weighted by Gasteiger charge is -2.26. The van der Waals surface area contributed by atoms with Crippen molar-refractivity contribution in [1.82, 2.24) is 0 Å². The Morgan fingerprint density at radius 1 is 0.720 bits per heavy atom. The standard InChI is InChI=1S/C21H20O2P.BrH/c1-18(22)23-17-24(19-11-5-2-6-12-19,20-13-7-3-8-14-20)21-15-9-4-10-16-21;/h2-16H,17H2,1H3;1H/q+1;/p-1. The Balaban J connectivity index is 0.00000225. The van der Waals surface area contributed by atoms with Crippen molar-refractivity contribution in [2.45, 2.75) is 6.92 Å². The second kappa shape index (κ2) is 8.94. The zero-order chi connectivity index (χ0) is 16.8. The molecule has 25 heavy (non-hydrogen) atoms. The molecular weight excluding hydrogens is 395 g/mol. The van der Waals surface area contributed by atoms with Crippen molar-refractivity contribution >= 4 is 29.1 Å². The zero-order valence-electron chi connectivity index (χ0n) is 14.0. The number of halogens is 1. The van der Waals surface area contributed by atoms with Crippen LogP contribution in [-0.4, -0.2) is 12.3 Å². The summed E-state index contributed by atoms with van der Waals surface area (Å²) in [6, 6.07) is 31.1. The van der Waals surface area contributed by atoms with Crippen molar-refractivity contribution in [3.05, 3.63) is 91.0 Å². The monoisotopic (exact) mass is 414 g/mol. The highest BCUT2D eigenvalue weighted by atomic mass is 79.9. The van der Waals surface area contributed by atoms with Crippen LogP contribution in [0.2, 0.25) is 0 Å². The Labute approximate surface area is 160 Å². The van der Waals surface area contributed by atoms with Crippen molar-refractivity contribution in [1.29, 1.82) is 0 Å². The topological polar surface area (TPSA) is 26.3 Å². The maximum absolute atomic E-state index is 11.6. The number of benzene rings is 3. The maximum Gasteiger partial charge on any atom is 0.305 e. The molecule has 0 bridgehead atoms. The predicted molar refractivity (Wildman–Crippen MR) is 102 cm³/mol. The third-order valence-corrected chi connectivity index (χ3v) is 8.11. The molecule has 0 heterocycles. The first kappa shape index (κ1) is 19.4. The summed E-state index contributed by atoms with van der Waals surface area (Å²) < 4.78 is 5.58. The Bertz CT molecular complexity index is 695. The molecule has 0 unspecified atom stereocenters. The minimum Gasteiger partial charge on any atom is -1.00 e. The SMILES string of the molecule is CC(=O)OC[P+](c1ccccc1)(c1ccccc1)c1ccccc1.[Br-]. The fourth-order valence-corrected chi connectivity index (χ4v) is 6.67. The summed E-state index contributed by atoms with van der Waals surface area (Å²) in [5.74, 6) is -0.248. The third kappa shape index (κ3) is 4.18. The second-order valence-electron chi connectivity index (χ2n) is 5.58. The lowest BCUT2D eigenvalue weighted by atomic mass is 10.4. The summed E-state index contributed by atoms with van der Waals surface area (Å²) in [7, 11) is -2.05. The number of esters is 1. The van der Waals surface area contributed by atoms with Gasteiger partial charge in [0, 0.05) is 6.92 Å². The molecule has 2 nitrogen and oxygen atoms in total. The number of carbonyl (C=O) groups excluding carboxylic acids is 1. The highest BCUT2D eigenvalue weighted by molar-refractivity contribution is 7.95. The summed E-state index contributed by atoms with van der Waals surface area (Å²) in [5.41, 5.74) is 0. The van der Waals surface area contributed by atoms with Crippen LogP contribution in [0.1, 0.15) is 6.92 Å². The van der Waals surface area contributed by atoms with Gasteiger partial charge in [0.1, 0.15) is 15.9 Å². The van der Waals surface area contributed by atoms with Crippen LogP contribution in [0, 0.1) is 0 Å². The van der Waals surface area contributed by atoms with Crippen LogP contribution in [0.15, 0.2) is 91.0 Å². The molecule has 128 valence electrons. The van der Waals surface area contributed by atoms with E-state index in [2.05, 4.69) is 36.4 Å². The van der Waals surface area contributed by atoms with E-state index in [0.717, 1.165) is 0 Å². The van der Waals surface area contributed by atoms with Crippen molar-refractivity contribution < 1.29 is 26.5 Å². The van der Waals surface area contributed by atoms with Crippen molar-refractivity contribution in [3.8, 4) is 0 Å². The van der Waals surface area contributed by atoms with Gasteiger partial charge in [-0.05, 0) is 36.4 Å². The van der Waals surface area contributed by atoms with Gasteiger partial charge in [0.15, 0.2) is 7.26 Å². The predicted octanol–water partition coefficient (Wildman–Crippen LogP) is 0.505. The normalized spacial score (nSPS) is 10.6. The molecule has 0 fully saturated rings. The van der Waals surface area contributed by atoms with Gasteiger partial charge >= 0.3 is 5.97 Å². The van der Waals surface area contributed by atoms with Crippen LogP contribution < -0.4 is 32.9 Å². The van der Waals surface area contributed by atoms with Gasteiger partial charge in [-0.25, -0.2) is 0 Å². The molecule has 0 aliphatic rings. The minimum absolute atomic E-state index is 0. The maximum atomic E-state index is 11.6. The third-order valence-electron chi connectivity index (χ3n) is 4.05. The van der Waals surface area contributed by atoms with Gasteiger partial charge in [-0.3, -0.25) is 4.79 Å². The average Bonchev–Trinajstić information content (AvgIpc) is 2.65. The van der Waals surface area contributed by atoms with E-state index in [-0.39, 0.29) is 23.0 Å². The van der Waals surface area contributed by atoms with E-state index >= 15 is 0 Å². The number of ether oxygens (including phenoxy) is 1. The molecule has 3 rings (SSSR count). The summed E-state index contributed by atoms with van der Waals surface area (Å²) in [5, 5.41) is 3.64. The van der Waals surface area contributed by atoms with Crippen LogP contribution in [0.25, 0.3) is 0 Å². The molecule has 0 amide bonds. The fourth-order valence-electron chi connectivity index (χ4n) is 2.91. The van der Waals surface area contributed by atoms with E-state index in [9.17, 15) is 4.79 Å². The van der Waals surface area contributed by atoms with Gasteiger partial charge in [0.25, 0.3) is 0 Å². The largest absolute Gasteiger partial charge is 1.00 e. The molecule has 3 aromatic rings. The Morgan fingerprint density at radius 3 is 1.32 bits per heavy atom. The smallest absolute Gasteiger partial charge is 0.305 e. The molecule has 0 atom stereocenters. The Morgan fingerprint density at radius 2 is 1.04 bits per heavy atom. The van der Waals surface area contributed by atoms with Crippen molar-refractivity contribution in [2.24, 2.45) is 0 Å². The molecule has 0 radical (unpaired) electrons. The van der Waals surface area contributed by atoms with Crippen LogP contribution >= 0.6 is 7.26 Å². The van der Waals surface area contributed by atoms with Gasteiger partial charge in [0.05, 0.1) is 0 Å². The van der Waals surface area contributed by atoms with E-state index in [1.54, 1.807) is 0 Å². The van der Waals surface area contributed by atoms with Crippen LogP contribution in [-0.2, 0) is 9.53 Å². The van der Waals surface area contributed by atoms with Gasteiger partial charge in [-0.2, -0.15) is 0 Å². The molecule has 0 aliphatic heterocycles. The first-order valence-electron chi connectivity index (χ1n) is 7.92. The number of hydrogen-bond acceptors (Lipinski definition) is 2. The van der Waals surface area contributed by atoms with Crippen LogP contribution in [0.5, 0.6) is 0 Å². The molecule has 0 spiro atoms. The summed E-state index contributed by atoms with van der Waals surface area (Å²) >= 11 is 0. The van der Waals surface area contributed by atoms with Gasteiger partial charge in [-0.1, -0.05) is 54.6 Å². The first-order valence-corrected chi connectivity index (χ1v) is 9.89. The zero-order valence-corrected chi connectivity index (χ0v) is 16.5. The first-order chi connectivity index (χ1) is 11.7. The number of carbonyl (C=O) groups is 1. The fraction of sp³-hybridized carbons (Fsp3) is 0.0952. The Kier molecular flexibility index (Phi) is 6.92. The van der Waals surface area contributed by atoms with Crippen molar-refractivity contribution in [2.75, 3.05) is 6.35 Å². The molecule has 0 saturated carbocycles. The van der Waals surface area contributed by atoms with Gasteiger partial charge in [0.2, 0.25) is 6.35 Å². The van der Waals surface area contributed by atoms with Gasteiger partial charge in [-0.15, -0.1) is 0 Å². The number of hydrogen-bond donors (Lipinski definition) is 0. The molecule has 0 aliphatic carbocycles. The second-order valence-corrected chi connectivity index (χ2v) is 9.01. The summed E-state index contributed by atoms with van der Waals surface area (Å²) in [4.78, 5) is 11.6. The Hall–Kier alpha value is -1.96. The van der Waals surface area contributed by atoms with E-state index in [0.29, 0.717) is 6.35 Å². The molecule has 0 aromatic heterocycles. The highest BCUT2D eigenvalue weighted by Gasteiger charge is 2.46. The molecule has 4 heteroatoms. The van der Waals surface area contributed by atoms with E-state index < -0.39 is 7.26 Å². The summed E-state index contributed by atoms with van der Waals surface area (Å²) in [6.07, 6.45) is 0.375. The van der Waals surface area contributed by atoms with E-state index in [4.69, 9.17) is 4.74 Å². The minimum atomic E-state index is -2.05.